The van der Waals surface area contributed by atoms with Crippen LogP contribution in [-0.4, -0.2) is 9.97 Å². The average Bonchev–Trinajstić information content (AvgIpc) is 3.42. The Bertz CT molecular complexity index is 2760. The van der Waals surface area contributed by atoms with Crippen molar-refractivity contribution in [1.29, 1.82) is 0 Å². The smallest absolute Gasteiger partial charge is 0.160 e. The van der Waals surface area contributed by atoms with Gasteiger partial charge in [0.25, 0.3) is 0 Å². The van der Waals surface area contributed by atoms with Crippen LogP contribution >= 0.6 is 0 Å². The molecule has 0 bridgehead atoms. The lowest BCUT2D eigenvalue weighted by Crippen LogP contribution is -2.17. The number of fused-ring (bicyclic) bond motifs is 6. The van der Waals surface area contributed by atoms with E-state index in [-0.39, 0.29) is 5.41 Å². The summed E-state index contributed by atoms with van der Waals surface area (Å²) >= 11 is 0. The first-order chi connectivity index (χ1) is 25.1. The molecule has 0 amide bonds. The van der Waals surface area contributed by atoms with Gasteiger partial charge in [0.05, 0.1) is 11.4 Å². The van der Waals surface area contributed by atoms with Crippen LogP contribution in [0.5, 0.6) is 0 Å². The molecule has 51 heavy (non-hydrogen) atoms. The Balaban J connectivity index is 1.22. The summed E-state index contributed by atoms with van der Waals surface area (Å²) in [5.41, 5.74) is 12.5. The molecule has 2 nitrogen and oxygen atoms in total. The van der Waals surface area contributed by atoms with Crippen LogP contribution < -0.4 is 0 Å². The maximum atomic E-state index is 5.30. The fourth-order valence-corrected chi connectivity index (χ4v) is 8.42. The maximum Gasteiger partial charge on any atom is 0.160 e. The summed E-state index contributed by atoms with van der Waals surface area (Å²) in [6.07, 6.45) is 0. The number of nitrogens with zero attached hydrogens (tertiary/aromatic N) is 2. The van der Waals surface area contributed by atoms with Crippen molar-refractivity contribution in [2.75, 3.05) is 0 Å². The predicted molar refractivity (Wildman–Crippen MR) is 214 cm³/mol. The Morgan fingerprint density at radius 2 is 0.882 bits per heavy atom. The van der Waals surface area contributed by atoms with Gasteiger partial charge in [0.2, 0.25) is 0 Å². The third-order valence-electron chi connectivity index (χ3n) is 10.8. The number of rotatable bonds is 4. The van der Waals surface area contributed by atoms with Crippen LogP contribution in [-0.2, 0) is 5.41 Å². The highest BCUT2D eigenvalue weighted by Gasteiger charge is 2.40. The Labute approximate surface area is 297 Å². The zero-order valence-corrected chi connectivity index (χ0v) is 28.6. The molecule has 0 radical (unpaired) electrons. The molecule has 0 atom stereocenters. The topological polar surface area (TPSA) is 25.8 Å². The summed E-state index contributed by atoms with van der Waals surface area (Å²) in [6.45, 7) is 4.66. The van der Waals surface area contributed by atoms with E-state index in [0.717, 1.165) is 28.3 Å². The first-order valence-corrected chi connectivity index (χ1v) is 17.7. The van der Waals surface area contributed by atoms with Crippen LogP contribution in [0.3, 0.4) is 0 Å². The van der Waals surface area contributed by atoms with E-state index in [1.165, 1.54) is 71.3 Å². The van der Waals surface area contributed by atoms with Crippen LogP contribution in [0.25, 0.3) is 88.5 Å². The molecule has 240 valence electrons. The Morgan fingerprint density at radius 1 is 0.392 bits per heavy atom. The minimum Gasteiger partial charge on any atom is -0.228 e. The van der Waals surface area contributed by atoms with Gasteiger partial charge in [-0.1, -0.05) is 172 Å². The van der Waals surface area contributed by atoms with Crippen LogP contribution in [0.15, 0.2) is 170 Å². The molecule has 8 aromatic carbocycles. The first-order valence-electron chi connectivity index (χ1n) is 17.7. The highest BCUT2D eigenvalue weighted by molar-refractivity contribution is 6.21. The second kappa shape index (κ2) is 11.3. The van der Waals surface area contributed by atoms with Crippen LogP contribution in [0.2, 0.25) is 0 Å². The molecule has 0 spiro atoms. The molecule has 1 aliphatic carbocycles. The van der Waals surface area contributed by atoms with Gasteiger partial charge in [-0.2, -0.15) is 0 Å². The first kappa shape index (κ1) is 29.5. The van der Waals surface area contributed by atoms with Gasteiger partial charge >= 0.3 is 0 Å². The van der Waals surface area contributed by atoms with E-state index in [0.29, 0.717) is 0 Å². The summed E-state index contributed by atoms with van der Waals surface area (Å²) < 4.78 is 0. The minimum atomic E-state index is -0.322. The standard InChI is InChI=1S/C49H34N2/c1-49(2)42-30-36(27-28-41(42)47-45(49)46(32-16-5-3-6-17-32)50-48(51-47)33-18-7-4-8-19-33)44-39-23-13-11-21-37(39)43(38-22-12-14-24-40(38)44)35-26-25-31-15-9-10-20-34(31)29-35/h3-30H,1-2H3. The molecular weight excluding hydrogens is 617 g/mol. The third-order valence-corrected chi connectivity index (χ3v) is 10.8. The van der Waals surface area contributed by atoms with Gasteiger partial charge in [0, 0.05) is 27.7 Å². The fourth-order valence-electron chi connectivity index (χ4n) is 8.42. The lowest BCUT2D eigenvalue weighted by Gasteiger charge is -2.24. The van der Waals surface area contributed by atoms with Crippen molar-refractivity contribution in [1.82, 2.24) is 9.97 Å². The van der Waals surface area contributed by atoms with Crippen molar-refractivity contribution < 1.29 is 0 Å². The summed E-state index contributed by atoms with van der Waals surface area (Å²) in [6, 6.07) is 61.3. The number of aromatic nitrogens is 2. The van der Waals surface area contributed by atoms with E-state index >= 15 is 0 Å². The minimum absolute atomic E-state index is 0.322. The molecule has 0 saturated carbocycles. The molecule has 1 aromatic heterocycles. The van der Waals surface area contributed by atoms with Crippen molar-refractivity contribution >= 4 is 32.3 Å². The zero-order chi connectivity index (χ0) is 34.1. The summed E-state index contributed by atoms with van der Waals surface area (Å²) in [7, 11) is 0. The van der Waals surface area contributed by atoms with Crippen molar-refractivity contribution in [2.24, 2.45) is 0 Å². The molecule has 1 heterocycles. The molecule has 10 rings (SSSR count). The van der Waals surface area contributed by atoms with E-state index < -0.39 is 0 Å². The van der Waals surface area contributed by atoms with Gasteiger partial charge in [0.1, 0.15) is 0 Å². The normalized spacial score (nSPS) is 13.1. The predicted octanol–water partition coefficient (Wildman–Crippen LogP) is 12.9. The molecule has 0 N–H and O–H groups in total. The van der Waals surface area contributed by atoms with E-state index in [4.69, 9.17) is 9.97 Å². The van der Waals surface area contributed by atoms with Gasteiger partial charge in [-0.05, 0) is 72.3 Å². The van der Waals surface area contributed by atoms with Gasteiger partial charge in [-0.15, -0.1) is 0 Å². The lowest BCUT2D eigenvalue weighted by atomic mass is 9.79. The Morgan fingerprint density at radius 3 is 1.51 bits per heavy atom. The molecule has 2 heteroatoms. The van der Waals surface area contributed by atoms with Crippen LogP contribution in [0.1, 0.15) is 25.0 Å². The van der Waals surface area contributed by atoms with E-state index in [1.807, 2.05) is 6.07 Å². The second-order valence-corrected chi connectivity index (χ2v) is 14.1. The van der Waals surface area contributed by atoms with E-state index in [2.05, 4.69) is 178 Å². The molecule has 0 saturated heterocycles. The molecule has 0 fully saturated rings. The van der Waals surface area contributed by atoms with Crippen molar-refractivity contribution in [3.8, 4) is 56.2 Å². The van der Waals surface area contributed by atoms with E-state index in [1.54, 1.807) is 0 Å². The monoisotopic (exact) mass is 650 g/mol. The van der Waals surface area contributed by atoms with Crippen molar-refractivity contribution in [3.05, 3.63) is 181 Å². The lowest BCUT2D eigenvalue weighted by molar-refractivity contribution is 0.658. The molecule has 0 aliphatic heterocycles. The number of benzene rings is 8. The maximum absolute atomic E-state index is 5.30. The van der Waals surface area contributed by atoms with Crippen LogP contribution in [0.4, 0.5) is 0 Å². The fraction of sp³-hybridized carbons (Fsp3) is 0.0612. The highest BCUT2D eigenvalue weighted by Crippen LogP contribution is 2.53. The molecule has 0 unspecified atom stereocenters. The number of hydrogen-bond donors (Lipinski definition) is 0. The second-order valence-electron chi connectivity index (χ2n) is 14.1. The van der Waals surface area contributed by atoms with Gasteiger partial charge in [0.15, 0.2) is 5.82 Å². The van der Waals surface area contributed by atoms with Crippen molar-refractivity contribution in [2.45, 2.75) is 19.3 Å². The Kier molecular flexibility index (Phi) is 6.56. The van der Waals surface area contributed by atoms with E-state index in [9.17, 15) is 0 Å². The summed E-state index contributed by atoms with van der Waals surface area (Å²) in [4.78, 5) is 10.6. The molecular formula is C49H34N2. The summed E-state index contributed by atoms with van der Waals surface area (Å²) in [5, 5.41) is 7.53. The largest absolute Gasteiger partial charge is 0.228 e. The highest BCUT2D eigenvalue weighted by atomic mass is 14.9. The number of hydrogen-bond acceptors (Lipinski definition) is 2. The van der Waals surface area contributed by atoms with Gasteiger partial charge in [-0.3, -0.25) is 0 Å². The SMILES string of the molecule is CC1(C)c2cc(-c3c4ccccc4c(-c4ccc5ccccc5c4)c4ccccc34)ccc2-c2nc(-c3ccccc3)nc(-c3ccccc3)c21. The Hall–Kier alpha value is -6.38. The molecule has 9 aromatic rings. The third kappa shape index (κ3) is 4.57. The quantitative estimate of drug-likeness (QED) is 0.177. The van der Waals surface area contributed by atoms with Crippen molar-refractivity contribution in [3.63, 3.8) is 0 Å². The van der Waals surface area contributed by atoms with Gasteiger partial charge in [-0.25, -0.2) is 9.97 Å². The average molecular weight is 651 g/mol. The zero-order valence-electron chi connectivity index (χ0n) is 28.6. The summed E-state index contributed by atoms with van der Waals surface area (Å²) in [5.74, 6) is 0.752. The molecule has 1 aliphatic rings. The van der Waals surface area contributed by atoms with Gasteiger partial charge < -0.3 is 0 Å². The van der Waals surface area contributed by atoms with Crippen LogP contribution in [0, 0.1) is 0 Å².